The van der Waals surface area contributed by atoms with Crippen LogP contribution >= 0.6 is 28.5 Å². The lowest BCUT2D eigenvalue weighted by molar-refractivity contribution is -0.153. The molecule has 0 bridgehead atoms. The Morgan fingerprint density at radius 2 is 2.00 bits per heavy atom. The van der Waals surface area contributed by atoms with Gasteiger partial charge in [0, 0.05) is 26.0 Å². The fourth-order valence-electron chi connectivity index (χ4n) is 2.02. The molecule has 0 amide bonds. The summed E-state index contributed by atoms with van der Waals surface area (Å²) in [7, 11) is 1.44. The Balaban J connectivity index is 2.27. The SMILES string of the molecule is COP(=O)(SC)SCCOC(=O)C(C)(C)CCN1CCOCC1. The Hall–Kier alpha value is 0.280. The van der Waals surface area contributed by atoms with Crippen molar-refractivity contribution in [2.45, 2.75) is 20.3 Å². The Morgan fingerprint density at radius 1 is 1.35 bits per heavy atom. The van der Waals surface area contributed by atoms with Crippen molar-refractivity contribution in [3.8, 4) is 0 Å². The number of hydrogen-bond donors (Lipinski definition) is 0. The number of ether oxygens (including phenoxy) is 2. The molecule has 1 aliphatic heterocycles. The van der Waals surface area contributed by atoms with Gasteiger partial charge in [-0.15, -0.1) is 0 Å². The number of carbonyl (C=O) groups is 1. The van der Waals surface area contributed by atoms with Crippen LogP contribution in [0.4, 0.5) is 0 Å². The first kappa shape index (κ1) is 21.3. The van der Waals surface area contributed by atoms with Crippen molar-refractivity contribution in [2.75, 3.05) is 58.6 Å². The van der Waals surface area contributed by atoms with Gasteiger partial charge in [0.2, 0.25) is 0 Å². The van der Waals surface area contributed by atoms with Gasteiger partial charge >= 0.3 is 11.7 Å². The summed E-state index contributed by atoms with van der Waals surface area (Å²) in [6, 6.07) is 0. The number of esters is 1. The summed E-state index contributed by atoms with van der Waals surface area (Å²) < 4.78 is 27.7. The van der Waals surface area contributed by atoms with E-state index in [1.54, 1.807) is 6.26 Å². The normalized spacial score (nSPS) is 19.3. The first-order valence-electron chi connectivity index (χ1n) is 7.66. The van der Waals surface area contributed by atoms with Crippen LogP contribution in [-0.2, 0) is 23.4 Å². The van der Waals surface area contributed by atoms with E-state index in [1.165, 1.54) is 29.9 Å². The van der Waals surface area contributed by atoms with Gasteiger partial charge in [-0.3, -0.25) is 14.3 Å². The molecule has 6 nitrogen and oxygen atoms in total. The third-order valence-electron chi connectivity index (χ3n) is 3.72. The van der Waals surface area contributed by atoms with E-state index in [-0.39, 0.29) is 12.6 Å². The molecule has 23 heavy (non-hydrogen) atoms. The summed E-state index contributed by atoms with van der Waals surface area (Å²) in [5.41, 5.74) is -0.520. The van der Waals surface area contributed by atoms with Gasteiger partial charge < -0.3 is 14.0 Å². The highest BCUT2D eigenvalue weighted by Gasteiger charge is 2.30. The summed E-state index contributed by atoms with van der Waals surface area (Å²) >= 11 is 2.41. The van der Waals surface area contributed by atoms with Gasteiger partial charge in [0.25, 0.3) is 0 Å². The summed E-state index contributed by atoms with van der Waals surface area (Å²) in [6.07, 6.45) is 2.50. The van der Waals surface area contributed by atoms with E-state index in [2.05, 4.69) is 4.90 Å². The third kappa shape index (κ3) is 7.80. The van der Waals surface area contributed by atoms with Crippen molar-refractivity contribution < 1.29 is 23.4 Å². The molecule has 9 heteroatoms. The standard InChI is InChI=1S/C14H28NO5PS2/c1-14(2,5-6-15-7-9-19-10-8-15)13(16)20-11-12-23-21(17,18-3)22-4/h5-12H2,1-4H3. The predicted molar refractivity (Wildman–Crippen MR) is 97.2 cm³/mol. The van der Waals surface area contributed by atoms with Crippen LogP contribution in [0.2, 0.25) is 0 Å². The van der Waals surface area contributed by atoms with Gasteiger partial charge in [0.15, 0.2) is 0 Å². The maximum absolute atomic E-state index is 12.2. The lowest BCUT2D eigenvalue weighted by Gasteiger charge is -2.30. The van der Waals surface area contributed by atoms with E-state index in [4.69, 9.17) is 14.0 Å². The Morgan fingerprint density at radius 3 is 2.57 bits per heavy atom. The van der Waals surface area contributed by atoms with Gasteiger partial charge in [0.1, 0.15) is 6.61 Å². The smallest absolute Gasteiger partial charge is 0.312 e. The van der Waals surface area contributed by atoms with E-state index in [0.717, 1.165) is 39.3 Å². The Bertz CT molecular complexity index is 408. The fourth-order valence-corrected chi connectivity index (χ4v) is 6.36. The lowest BCUT2D eigenvalue weighted by Crippen LogP contribution is -2.39. The minimum absolute atomic E-state index is 0.206. The van der Waals surface area contributed by atoms with Gasteiger partial charge in [-0.2, -0.15) is 0 Å². The topological polar surface area (TPSA) is 65.1 Å². The maximum atomic E-state index is 12.2. The fraction of sp³-hybridized carbons (Fsp3) is 0.929. The summed E-state index contributed by atoms with van der Waals surface area (Å²) in [5.74, 6) is -2.43. The average molecular weight is 385 g/mol. The van der Waals surface area contributed by atoms with Crippen molar-refractivity contribution in [3.05, 3.63) is 0 Å². The Labute approximate surface area is 147 Å². The number of carbonyl (C=O) groups excluding carboxylic acids is 1. The van der Waals surface area contributed by atoms with E-state index >= 15 is 0 Å². The number of morpholine rings is 1. The Kier molecular flexibility index (Phi) is 9.56. The second kappa shape index (κ2) is 10.3. The molecule has 1 rings (SSSR count). The summed E-state index contributed by atoms with van der Waals surface area (Å²) in [6.45, 7) is 8.29. The highest BCUT2D eigenvalue weighted by Crippen LogP contribution is 2.68. The number of rotatable bonds is 10. The van der Waals surface area contributed by atoms with E-state index in [0.29, 0.717) is 5.75 Å². The molecule has 0 saturated carbocycles. The van der Waals surface area contributed by atoms with Gasteiger partial charge in [-0.25, -0.2) is 0 Å². The van der Waals surface area contributed by atoms with Crippen LogP contribution in [0.3, 0.4) is 0 Å². The molecule has 136 valence electrons. The minimum atomic E-state index is -2.69. The molecule has 1 saturated heterocycles. The predicted octanol–water partition coefficient (Wildman–Crippen LogP) is 3.13. The number of nitrogens with zero attached hydrogens (tertiary/aromatic N) is 1. The van der Waals surface area contributed by atoms with Crippen molar-refractivity contribution in [2.24, 2.45) is 5.41 Å². The first-order valence-corrected chi connectivity index (χ1v) is 12.7. The molecule has 0 radical (unpaired) electrons. The second-order valence-corrected chi connectivity index (χ2v) is 13.6. The largest absolute Gasteiger partial charge is 0.464 e. The van der Waals surface area contributed by atoms with Crippen molar-refractivity contribution in [1.82, 2.24) is 4.90 Å². The molecule has 1 atom stereocenters. The molecule has 1 heterocycles. The summed E-state index contributed by atoms with van der Waals surface area (Å²) in [4.78, 5) is 14.5. The molecule has 0 aromatic rings. The zero-order valence-electron chi connectivity index (χ0n) is 14.4. The quantitative estimate of drug-likeness (QED) is 0.323. The molecular formula is C14H28NO5PS2. The molecule has 0 aliphatic carbocycles. The lowest BCUT2D eigenvalue weighted by atomic mass is 9.89. The van der Waals surface area contributed by atoms with Crippen LogP contribution < -0.4 is 0 Å². The van der Waals surface area contributed by atoms with Crippen LogP contribution in [0, 0.1) is 5.41 Å². The highest BCUT2D eigenvalue weighted by atomic mass is 33.1. The average Bonchev–Trinajstić information content (AvgIpc) is 2.57. The molecule has 0 aromatic heterocycles. The molecule has 1 fully saturated rings. The number of hydrogen-bond acceptors (Lipinski definition) is 8. The van der Waals surface area contributed by atoms with Crippen LogP contribution in [0.25, 0.3) is 0 Å². The molecule has 1 unspecified atom stereocenters. The molecule has 0 aromatic carbocycles. The van der Waals surface area contributed by atoms with Crippen molar-refractivity contribution in [3.63, 3.8) is 0 Å². The van der Waals surface area contributed by atoms with Crippen LogP contribution in [0.1, 0.15) is 20.3 Å². The van der Waals surface area contributed by atoms with E-state index < -0.39 is 11.2 Å². The van der Waals surface area contributed by atoms with Crippen LogP contribution in [-0.4, -0.2) is 69.4 Å². The van der Waals surface area contributed by atoms with Crippen LogP contribution in [0.15, 0.2) is 0 Å². The van der Waals surface area contributed by atoms with E-state index in [1.807, 2.05) is 13.8 Å². The highest BCUT2D eigenvalue weighted by molar-refractivity contribution is 8.89. The zero-order chi connectivity index (χ0) is 17.3. The maximum Gasteiger partial charge on any atom is 0.312 e. The third-order valence-corrected chi connectivity index (χ3v) is 11.3. The molecule has 1 aliphatic rings. The zero-order valence-corrected chi connectivity index (χ0v) is 16.9. The first-order chi connectivity index (χ1) is 10.8. The minimum Gasteiger partial charge on any atom is -0.464 e. The summed E-state index contributed by atoms with van der Waals surface area (Å²) in [5, 5.41) is 0. The van der Waals surface area contributed by atoms with Gasteiger partial charge in [-0.1, -0.05) is 22.8 Å². The van der Waals surface area contributed by atoms with E-state index in [9.17, 15) is 9.36 Å². The van der Waals surface area contributed by atoms with Crippen molar-refractivity contribution >= 4 is 34.5 Å². The van der Waals surface area contributed by atoms with Crippen LogP contribution in [0.5, 0.6) is 0 Å². The van der Waals surface area contributed by atoms with Crippen molar-refractivity contribution in [1.29, 1.82) is 0 Å². The molecule has 0 N–H and O–H groups in total. The monoisotopic (exact) mass is 385 g/mol. The molecule has 0 spiro atoms. The second-order valence-electron chi connectivity index (χ2n) is 5.87. The molecular weight excluding hydrogens is 357 g/mol. The van der Waals surface area contributed by atoms with Gasteiger partial charge in [0.05, 0.1) is 18.6 Å². The van der Waals surface area contributed by atoms with Gasteiger partial charge in [-0.05, 0) is 33.1 Å².